The summed E-state index contributed by atoms with van der Waals surface area (Å²) in [4.78, 5) is 31.0. The van der Waals surface area contributed by atoms with E-state index in [2.05, 4.69) is 4.99 Å². The Morgan fingerprint density at radius 1 is 1.00 bits per heavy atom. The maximum Gasteiger partial charge on any atom is 0.358 e. The number of carbonyl (C=O) groups excluding carboxylic acids is 2. The van der Waals surface area contributed by atoms with Crippen LogP contribution in [-0.2, 0) is 9.53 Å². The number of ketones is 1. The lowest BCUT2D eigenvalue weighted by Gasteiger charge is -2.09. The lowest BCUT2D eigenvalue weighted by atomic mass is 10.00. The molecule has 1 N–H and O–H groups in total. The van der Waals surface area contributed by atoms with Crippen LogP contribution in [0.15, 0.2) is 83.1 Å². The van der Waals surface area contributed by atoms with E-state index < -0.39 is 11.8 Å². The highest BCUT2D eigenvalue weighted by molar-refractivity contribution is 6.25. The summed E-state index contributed by atoms with van der Waals surface area (Å²) in [6.45, 7) is 1.89. The molecule has 0 bridgehead atoms. The number of nitrogens with zero attached hydrogens (tertiary/aromatic N) is 2. The number of aliphatic hydroxyl groups is 1. The number of aliphatic hydroxyl groups excluding tert-OH is 1. The first-order valence-corrected chi connectivity index (χ1v) is 9.11. The standard InChI is InChI=1S/C23H24N2O4/c1-4-29-23(28)20(16-25(2)3)24-15-19(21(26)17-11-7-5-8-12-17)22(27)18-13-9-6-10-14-18/h5-16,26H,4H2,1-3H3/b20-16+,21-19+,24-15+. The first-order valence-electron chi connectivity index (χ1n) is 9.11. The fourth-order valence-electron chi connectivity index (χ4n) is 2.45. The minimum atomic E-state index is -0.622. The third kappa shape index (κ3) is 6.17. The number of hydrogen-bond acceptors (Lipinski definition) is 6. The zero-order valence-electron chi connectivity index (χ0n) is 16.7. The molecule has 0 radical (unpaired) electrons. The molecule has 0 aliphatic heterocycles. The fraction of sp³-hybridized carbons (Fsp3) is 0.174. The van der Waals surface area contributed by atoms with E-state index in [0.717, 1.165) is 0 Å². The Bertz CT molecular complexity index is 930. The molecule has 0 atom stereocenters. The van der Waals surface area contributed by atoms with E-state index in [1.807, 2.05) is 6.07 Å². The maximum absolute atomic E-state index is 13.0. The molecule has 0 saturated carbocycles. The summed E-state index contributed by atoms with van der Waals surface area (Å²) in [6, 6.07) is 17.2. The van der Waals surface area contributed by atoms with Gasteiger partial charge in [-0.2, -0.15) is 0 Å². The van der Waals surface area contributed by atoms with E-state index >= 15 is 0 Å². The van der Waals surface area contributed by atoms with Crippen LogP contribution in [-0.4, -0.2) is 48.7 Å². The lowest BCUT2D eigenvalue weighted by Crippen LogP contribution is -2.13. The molecule has 0 aliphatic rings. The highest BCUT2D eigenvalue weighted by Gasteiger charge is 2.18. The molecular formula is C23H24N2O4. The normalized spacial score (nSPS) is 12.4. The molecule has 2 rings (SSSR count). The molecule has 2 aromatic carbocycles. The first kappa shape index (κ1) is 21.6. The maximum atomic E-state index is 13.0. The Morgan fingerprint density at radius 2 is 1.55 bits per heavy atom. The van der Waals surface area contributed by atoms with Crippen molar-refractivity contribution in [1.29, 1.82) is 0 Å². The van der Waals surface area contributed by atoms with Crippen molar-refractivity contribution >= 4 is 23.7 Å². The highest BCUT2D eigenvalue weighted by atomic mass is 16.5. The van der Waals surface area contributed by atoms with E-state index in [1.165, 1.54) is 12.4 Å². The van der Waals surface area contributed by atoms with Crippen LogP contribution in [0.1, 0.15) is 22.8 Å². The van der Waals surface area contributed by atoms with E-state index in [-0.39, 0.29) is 23.6 Å². The molecule has 0 heterocycles. The predicted molar refractivity (Wildman–Crippen MR) is 114 cm³/mol. The van der Waals surface area contributed by atoms with Crippen LogP contribution in [0.4, 0.5) is 0 Å². The van der Waals surface area contributed by atoms with Gasteiger partial charge in [0.1, 0.15) is 5.76 Å². The molecule has 0 fully saturated rings. The minimum absolute atomic E-state index is 0.0103. The van der Waals surface area contributed by atoms with Gasteiger partial charge in [0.25, 0.3) is 0 Å². The van der Waals surface area contributed by atoms with Crippen molar-refractivity contribution in [2.75, 3.05) is 20.7 Å². The zero-order valence-corrected chi connectivity index (χ0v) is 16.7. The highest BCUT2D eigenvalue weighted by Crippen LogP contribution is 2.19. The molecule has 2 aromatic rings. The van der Waals surface area contributed by atoms with Crippen LogP contribution in [0, 0.1) is 0 Å². The van der Waals surface area contributed by atoms with Crippen LogP contribution < -0.4 is 0 Å². The van der Waals surface area contributed by atoms with Crippen molar-refractivity contribution in [2.45, 2.75) is 6.92 Å². The third-order valence-corrected chi connectivity index (χ3v) is 3.78. The molecule has 0 aromatic heterocycles. The number of Topliss-reactive ketones (excluding diaryl/α,β-unsaturated/α-hetero) is 1. The quantitative estimate of drug-likeness (QED) is 0.242. The Labute approximate surface area is 170 Å². The Morgan fingerprint density at radius 3 is 2.07 bits per heavy atom. The smallest absolute Gasteiger partial charge is 0.358 e. The van der Waals surface area contributed by atoms with Gasteiger partial charge in [-0.3, -0.25) is 4.79 Å². The largest absolute Gasteiger partial charge is 0.506 e. The van der Waals surface area contributed by atoms with Crippen molar-refractivity contribution in [3.05, 3.63) is 89.3 Å². The average Bonchev–Trinajstić information content (AvgIpc) is 2.73. The number of hydrogen-bond donors (Lipinski definition) is 1. The Kier molecular flexibility index (Phi) is 7.91. The number of rotatable bonds is 8. The van der Waals surface area contributed by atoms with Crippen LogP contribution >= 0.6 is 0 Å². The molecule has 0 saturated heterocycles. The summed E-state index contributed by atoms with van der Waals surface area (Å²) in [5.74, 6) is -1.26. The van der Waals surface area contributed by atoms with Crippen LogP contribution in [0.5, 0.6) is 0 Å². The van der Waals surface area contributed by atoms with Gasteiger partial charge in [0.2, 0.25) is 0 Å². The lowest BCUT2D eigenvalue weighted by molar-refractivity contribution is -0.138. The zero-order chi connectivity index (χ0) is 21.2. The second-order valence-electron chi connectivity index (χ2n) is 6.28. The van der Waals surface area contributed by atoms with Gasteiger partial charge in [0.05, 0.1) is 12.2 Å². The van der Waals surface area contributed by atoms with Gasteiger partial charge in [0, 0.05) is 37.6 Å². The fourth-order valence-corrected chi connectivity index (χ4v) is 2.45. The van der Waals surface area contributed by atoms with Crippen molar-refractivity contribution < 1.29 is 19.4 Å². The second-order valence-corrected chi connectivity index (χ2v) is 6.28. The predicted octanol–water partition coefficient (Wildman–Crippen LogP) is 3.88. The second kappa shape index (κ2) is 10.6. The Hall–Kier alpha value is -3.67. The van der Waals surface area contributed by atoms with Crippen molar-refractivity contribution in [3.63, 3.8) is 0 Å². The summed E-state index contributed by atoms with van der Waals surface area (Å²) in [6.07, 6.45) is 2.68. The van der Waals surface area contributed by atoms with Gasteiger partial charge in [-0.15, -0.1) is 0 Å². The summed E-state index contributed by atoms with van der Waals surface area (Å²) in [7, 11) is 3.48. The summed E-state index contributed by atoms with van der Waals surface area (Å²) >= 11 is 0. The minimum Gasteiger partial charge on any atom is -0.506 e. The van der Waals surface area contributed by atoms with Gasteiger partial charge in [-0.25, -0.2) is 9.79 Å². The third-order valence-electron chi connectivity index (χ3n) is 3.78. The molecule has 150 valence electrons. The topological polar surface area (TPSA) is 79.2 Å². The molecule has 0 unspecified atom stereocenters. The van der Waals surface area contributed by atoms with Crippen LogP contribution in [0.3, 0.4) is 0 Å². The number of esters is 1. The first-order chi connectivity index (χ1) is 13.9. The number of allylic oxidation sites excluding steroid dienone is 1. The molecule has 6 nitrogen and oxygen atoms in total. The molecule has 0 aliphatic carbocycles. The van der Waals surface area contributed by atoms with Gasteiger partial charge in [0.15, 0.2) is 11.5 Å². The van der Waals surface area contributed by atoms with Crippen LogP contribution in [0.2, 0.25) is 0 Å². The molecule has 0 spiro atoms. The van der Waals surface area contributed by atoms with E-state index in [4.69, 9.17) is 4.74 Å². The average molecular weight is 392 g/mol. The summed E-state index contributed by atoms with van der Waals surface area (Å²) in [5.41, 5.74) is 0.839. The SMILES string of the molecule is CCOC(=O)C(=C\N(C)C)/N=C/C(C(=O)c1ccccc1)=C(\O)c1ccccc1. The van der Waals surface area contributed by atoms with E-state index in [9.17, 15) is 14.7 Å². The number of benzene rings is 2. The van der Waals surface area contributed by atoms with E-state index in [0.29, 0.717) is 11.1 Å². The molecular weight excluding hydrogens is 368 g/mol. The molecule has 0 amide bonds. The van der Waals surface area contributed by atoms with Gasteiger partial charge < -0.3 is 14.7 Å². The summed E-state index contributed by atoms with van der Waals surface area (Å²) < 4.78 is 5.02. The van der Waals surface area contributed by atoms with E-state index in [1.54, 1.807) is 80.5 Å². The van der Waals surface area contributed by atoms with Crippen molar-refractivity contribution in [3.8, 4) is 0 Å². The monoisotopic (exact) mass is 392 g/mol. The van der Waals surface area contributed by atoms with Gasteiger partial charge in [-0.05, 0) is 6.92 Å². The summed E-state index contributed by atoms with van der Waals surface area (Å²) in [5, 5.41) is 10.8. The number of ether oxygens (including phenoxy) is 1. The molecule has 29 heavy (non-hydrogen) atoms. The number of aliphatic imine (C=N–C) groups is 1. The van der Waals surface area contributed by atoms with Gasteiger partial charge >= 0.3 is 5.97 Å². The number of carbonyl (C=O) groups is 2. The van der Waals surface area contributed by atoms with Gasteiger partial charge in [-0.1, -0.05) is 60.7 Å². The van der Waals surface area contributed by atoms with Crippen molar-refractivity contribution in [2.24, 2.45) is 4.99 Å². The van der Waals surface area contributed by atoms with Crippen molar-refractivity contribution in [1.82, 2.24) is 4.90 Å². The van der Waals surface area contributed by atoms with Crippen LogP contribution in [0.25, 0.3) is 5.76 Å². The Balaban J connectivity index is 2.54. The molecule has 6 heteroatoms.